The molecule has 1 aliphatic heterocycles. The van der Waals surface area contributed by atoms with Crippen molar-refractivity contribution in [3.8, 4) is 11.4 Å². The molecule has 2 aromatic rings. The Hall–Kier alpha value is -2.74. The molecule has 1 atom stereocenters. The third kappa shape index (κ3) is 4.91. The molecule has 1 saturated heterocycles. The molecule has 1 aromatic heterocycles. The van der Waals surface area contributed by atoms with Crippen molar-refractivity contribution in [2.75, 3.05) is 26.2 Å². The number of benzene rings is 1. The van der Waals surface area contributed by atoms with Gasteiger partial charge < -0.3 is 14.7 Å². The second-order valence-corrected chi connectivity index (χ2v) is 6.90. The van der Waals surface area contributed by atoms with Crippen LogP contribution in [-0.2, 0) is 16.1 Å². The van der Waals surface area contributed by atoms with Crippen molar-refractivity contribution in [3.63, 3.8) is 0 Å². The SMILES string of the molecule is CC(=O)NC(C)C(=O)N1CCN(Cc2nc(-c3ccc(C)cc3)no2)CC1. The van der Waals surface area contributed by atoms with Gasteiger partial charge in [0.1, 0.15) is 6.04 Å². The number of aryl methyl sites for hydroxylation is 1. The Labute approximate surface area is 158 Å². The van der Waals surface area contributed by atoms with Crippen molar-refractivity contribution in [1.82, 2.24) is 25.3 Å². The van der Waals surface area contributed by atoms with Gasteiger partial charge in [0.05, 0.1) is 6.54 Å². The first-order valence-corrected chi connectivity index (χ1v) is 9.10. The maximum Gasteiger partial charge on any atom is 0.244 e. The van der Waals surface area contributed by atoms with E-state index < -0.39 is 6.04 Å². The van der Waals surface area contributed by atoms with E-state index >= 15 is 0 Å². The van der Waals surface area contributed by atoms with Gasteiger partial charge in [-0.3, -0.25) is 14.5 Å². The fraction of sp³-hybridized carbons (Fsp3) is 0.474. The Balaban J connectivity index is 1.52. The number of nitrogens with one attached hydrogen (secondary N) is 1. The molecule has 1 fully saturated rings. The van der Waals surface area contributed by atoms with E-state index in [1.807, 2.05) is 31.2 Å². The molecule has 0 saturated carbocycles. The number of rotatable bonds is 5. The van der Waals surface area contributed by atoms with E-state index in [4.69, 9.17) is 4.52 Å². The highest BCUT2D eigenvalue weighted by molar-refractivity contribution is 5.86. The monoisotopic (exact) mass is 371 g/mol. The molecule has 144 valence electrons. The van der Waals surface area contributed by atoms with Crippen LogP contribution in [0.1, 0.15) is 25.3 Å². The number of piperazine rings is 1. The molecule has 1 aromatic carbocycles. The molecule has 0 radical (unpaired) electrons. The minimum atomic E-state index is -0.498. The Bertz CT molecular complexity index is 794. The summed E-state index contributed by atoms with van der Waals surface area (Å²) in [5.41, 5.74) is 2.11. The van der Waals surface area contributed by atoms with Crippen molar-refractivity contribution in [2.45, 2.75) is 33.4 Å². The molecule has 0 spiro atoms. The number of carbonyl (C=O) groups excluding carboxylic acids is 2. The summed E-state index contributed by atoms with van der Waals surface area (Å²) in [5, 5.41) is 6.69. The zero-order valence-corrected chi connectivity index (χ0v) is 15.9. The molecule has 0 aliphatic carbocycles. The minimum absolute atomic E-state index is 0.0516. The van der Waals surface area contributed by atoms with E-state index in [0.717, 1.165) is 18.7 Å². The van der Waals surface area contributed by atoms with Crippen LogP contribution in [0.3, 0.4) is 0 Å². The second-order valence-electron chi connectivity index (χ2n) is 6.90. The summed E-state index contributed by atoms with van der Waals surface area (Å²) in [6.45, 7) is 8.39. The summed E-state index contributed by atoms with van der Waals surface area (Å²) in [4.78, 5) is 31.9. The molecule has 2 heterocycles. The van der Waals surface area contributed by atoms with Gasteiger partial charge in [-0.15, -0.1) is 0 Å². The van der Waals surface area contributed by atoms with Gasteiger partial charge in [-0.25, -0.2) is 0 Å². The third-order valence-electron chi connectivity index (χ3n) is 4.61. The van der Waals surface area contributed by atoms with Crippen LogP contribution in [0, 0.1) is 6.92 Å². The van der Waals surface area contributed by atoms with E-state index in [1.165, 1.54) is 12.5 Å². The third-order valence-corrected chi connectivity index (χ3v) is 4.61. The average Bonchev–Trinajstić information content (AvgIpc) is 3.10. The number of carbonyl (C=O) groups is 2. The minimum Gasteiger partial charge on any atom is -0.345 e. The number of amides is 2. The Morgan fingerprint density at radius 3 is 2.48 bits per heavy atom. The van der Waals surface area contributed by atoms with Crippen LogP contribution in [0.25, 0.3) is 11.4 Å². The standard InChI is InChI=1S/C19H25N5O3/c1-13-4-6-16(7-5-13)18-21-17(27-22-18)12-23-8-10-24(11-9-23)19(26)14(2)20-15(3)25/h4-7,14H,8-12H2,1-3H3,(H,20,25). The van der Waals surface area contributed by atoms with Crippen LogP contribution >= 0.6 is 0 Å². The zero-order chi connectivity index (χ0) is 19.4. The van der Waals surface area contributed by atoms with Gasteiger partial charge in [0.2, 0.25) is 23.5 Å². The number of hydrogen-bond acceptors (Lipinski definition) is 6. The van der Waals surface area contributed by atoms with Crippen LogP contribution in [0.4, 0.5) is 0 Å². The molecule has 1 aliphatic rings. The highest BCUT2D eigenvalue weighted by atomic mass is 16.5. The van der Waals surface area contributed by atoms with Crippen molar-refractivity contribution in [3.05, 3.63) is 35.7 Å². The van der Waals surface area contributed by atoms with Crippen LogP contribution in [-0.4, -0.2) is 64.0 Å². The molecule has 1 unspecified atom stereocenters. The highest BCUT2D eigenvalue weighted by Crippen LogP contribution is 2.17. The predicted octanol–water partition coefficient (Wildman–Crippen LogP) is 1.21. The molecule has 8 nitrogen and oxygen atoms in total. The summed E-state index contributed by atoms with van der Waals surface area (Å²) in [6.07, 6.45) is 0. The Kier molecular flexibility index (Phi) is 5.85. The van der Waals surface area contributed by atoms with Crippen molar-refractivity contribution < 1.29 is 14.1 Å². The maximum atomic E-state index is 12.3. The van der Waals surface area contributed by atoms with Gasteiger partial charge >= 0.3 is 0 Å². The first kappa shape index (κ1) is 19.0. The topological polar surface area (TPSA) is 91.6 Å². The molecular formula is C19H25N5O3. The lowest BCUT2D eigenvalue weighted by Crippen LogP contribution is -2.53. The van der Waals surface area contributed by atoms with E-state index in [0.29, 0.717) is 31.3 Å². The number of aromatic nitrogens is 2. The van der Waals surface area contributed by atoms with E-state index in [-0.39, 0.29) is 11.8 Å². The van der Waals surface area contributed by atoms with Gasteiger partial charge in [0.25, 0.3) is 0 Å². The summed E-state index contributed by atoms with van der Waals surface area (Å²) < 4.78 is 5.38. The van der Waals surface area contributed by atoms with Crippen LogP contribution in [0.2, 0.25) is 0 Å². The van der Waals surface area contributed by atoms with Gasteiger partial charge in [-0.1, -0.05) is 35.0 Å². The summed E-state index contributed by atoms with van der Waals surface area (Å²) in [7, 11) is 0. The van der Waals surface area contributed by atoms with Gasteiger partial charge in [0, 0.05) is 38.7 Å². The zero-order valence-electron chi connectivity index (χ0n) is 15.9. The largest absolute Gasteiger partial charge is 0.345 e. The van der Waals surface area contributed by atoms with E-state index in [9.17, 15) is 9.59 Å². The lowest BCUT2D eigenvalue weighted by atomic mass is 10.1. The van der Waals surface area contributed by atoms with Gasteiger partial charge in [0.15, 0.2) is 0 Å². The van der Waals surface area contributed by atoms with Crippen molar-refractivity contribution in [2.24, 2.45) is 0 Å². The fourth-order valence-corrected chi connectivity index (χ4v) is 3.10. The molecular weight excluding hydrogens is 346 g/mol. The number of hydrogen-bond donors (Lipinski definition) is 1. The molecule has 2 amide bonds. The molecule has 0 bridgehead atoms. The summed E-state index contributed by atoms with van der Waals surface area (Å²) >= 11 is 0. The quantitative estimate of drug-likeness (QED) is 0.850. The lowest BCUT2D eigenvalue weighted by Gasteiger charge is -2.35. The van der Waals surface area contributed by atoms with Crippen LogP contribution in [0.15, 0.2) is 28.8 Å². The lowest BCUT2D eigenvalue weighted by molar-refractivity contribution is -0.137. The first-order chi connectivity index (χ1) is 12.9. The molecule has 8 heteroatoms. The summed E-state index contributed by atoms with van der Waals surface area (Å²) in [5.74, 6) is 0.902. The second kappa shape index (κ2) is 8.30. The molecule has 27 heavy (non-hydrogen) atoms. The summed E-state index contributed by atoms with van der Waals surface area (Å²) in [6, 6.07) is 7.49. The highest BCUT2D eigenvalue weighted by Gasteiger charge is 2.26. The predicted molar refractivity (Wildman–Crippen MR) is 99.6 cm³/mol. The smallest absolute Gasteiger partial charge is 0.244 e. The Morgan fingerprint density at radius 2 is 1.85 bits per heavy atom. The van der Waals surface area contributed by atoms with Gasteiger partial charge in [-0.2, -0.15) is 4.98 Å². The van der Waals surface area contributed by atoms with Crippen LogP contribution < -0.4 is 5.32 Å². The van der Waals surface area contributed by atoms with Gasteiger partial charge in [-0.05, 0) is 13.8 Å². The number of nitrogens with zero attached hydrogens (tertiary/aromatic N) is 4. The molecule has 1 N–H and O–H groups in total. The van der Waals surface area contributed by atoms with Crippen molar-refractivity contribution >= 4 is 11.8 Å². The average molecular weight is 371 g/mol. The molecule has 3 rings (SSSR count). The van der Waals surface area contributed by atoms with Crippen molar-refractivity contribution in [1.29, 1.82) is 0 Å². The maximum absolute atomic E-state index is 12.3. The fourth-order valence-electron chi connectivity index (χ4n) is 3.10. The van der Waals surface area contributed by atoms with Crippen LogP contribution in [0.5, 0.6) is 0 Å². The Morgan fingerprint density at radius 1 is 1.19 bits per heavy atom. The van der Waals surface area contributed by atoms with E-state index in [1.54, 1.807) is 11.8 Å². The van der Waals surface area contributed by atoms with E-state index in [2.05, 4.69) is 20.4 Å². The normalized spacial score (nSPS) is 16.2. The first-order valence-electron chi connectivity index (χ1n) is 9.10.